The molecule has 0 heterocycles. The molecule has 1 saturated carbocycles. The van der Waals surface area contributed by atoms with E-state index in [-0.39, 0.29) is 11.3 Å². The van der Waals surface area contributed by atoms with Crippen molar-refractivity contribution in [3.8, 4) is 0 Å². The number of hydrogen-bond acceptors (Lipinski definition) is 1. The summed E-state index contributed by atoms with van der Waals surface area (Å²) in [5.41, 5.74) is 2.97. The summed E-state index contributed by atoms with van der Waals surface area (Å²) in [6.45, 7) is 10.2. The number of aldehydes is 1. The molecule has 0 amide bonds. The standard InChI is InChI=1S/C13H19O/c1-5-6-12-10(2)7-11(9-14)8-13(12,3)4/h6,9-11H,1,7-8H2,2-4H3. The average Bonchev–Trinajstić information content (AvgIpc) is 2.10. The van der Waals surface area contributed by atoms with Gasteiger partial charge in [-0.15, -0.1) is 5.73 Å². The molecule has 1 radical (unpaired) electrons. The first-order chi connectivity index (χ1) is 6.51. The molecule has 0 aromatic rings. The van der Waals surface area contributed by atoms with E-state index < -0.39 is 0 Å². The monoisotopic (exact) mass is 191 g/mol. The fraction of sp³-hybridized carbons (Fsp3) is 0.615. The first-order valence-electron chi connectivity index (χ1n) is 5.19. The van der Waals surface area contributed by atoms with Crippen LogP contribution in [0.3, 0.4) is 0 Å². The third-order valence-corrected chi connectivity index (χ3v) is 3.19. The molecule has 1 aliphatic carbocycles. The summed E-state index contributed by atoms with van der Waals surface area (Å²) >= 11 is 0. The van der Waals surface area contributed by atoms with Crippen LogP contribution >= 0.6 is 0 Å². The third kappa shape index (κ3) is 2.16. The van der Waals surface area contributed by atoms with Crippen molar-refractivity contribution in [2.45, 2.75) is 33.6 Å². The zero-order valence-electron chi connectivity index (χ0n) is 9.34. The smallest absolute Gasteiger partial charge is 0.123 e. The first kappa shape index (κ1) is 11.3. The molecule has 0 saturated heterocycles. The van der Waals surface area contributed by atoms with Gasteiger partial charge in [0.15, 0.2) is 0 Å². The minimum atomic E-state index is 0.119. The van der Waals surface area contributed by atoms with Crippen LogP contribution < -0.4 is 0 Å². The van der Waals surface area contributed by atoms with Gasteiger partial charge in [-0.05, 0) is 30.3 Å². The van der Waals surface area contributed by atoms with Gasteiger partial charge in [-0.3, -0.25) is 0 Å². The van der Waals surface area contributed by atoms with Gasteiger partial charge in [0.2, 0.25) is 0 Å². The Hall–Kier alpha value is -0.810. The van der Waals surface area contributed by atoms with Gasteiger partial charge < -0.3 is 4.79 Å². The molecule has 77 valence electrons. The van der Waals surface area contributed by atoms with Crippen LogP contribution in [0.25, 0.3) is 0 Å². The minimum Gasteiger partial charge on any atom is -0.303 e. The zero-order valence-corrected chi connectivity index (χ0v) is 9.34. The van der Waals surface area contributed by atoms with Crippen LogP contribution in [0, 0.1) is 23.2 Å². The highest BCUT2D eigenvalue weighted by atomic mass is 16.1. The van der Waals surface area contributed by atoms with E-state index in [1.54, 1.807) is 0 Å². The van der Waals surface area contributed by atoms with Crippen LogP contribution in [0.2, 0.25) is 0 Å². The van der Waals surface area contributed by atoms with Gasteiger partial charge in [-0.2, -0.15) is 0 Å². The molecule has 1 fully saturated rings. The number of carbonyl (C=O) groups is 1. The van der Waals surface area contributed by atoms with Crippen molar-refractivity contribution in [1.29, 1.82) is 0 Å². The summed E-state index contributed by atoms with van der Waals surface area (Å²) in [6, 6.07) is 0. The Morgan fingerprint density at radius 3 is 2.64 bits per heavy atom. The van der Waals surface area contributed by atoms with Gasteiger partial charge in [-0.25, -0.2) is 0 Å². The summed E-state index contributed by atoms with van der Waals surface area (Å²) in [6.07, 6.45) is 5.02. The van der Waals surface area contributed by atoms with Crippen LogP contribution in [0.5, 0.6) is 0 Å². The molecule has 2 atom stereocenters. The summed E-state index contributed by atoms with van der Waals surface area (Å²) < 4.78 is 0. The van der Waals surface area contributed by atoms with Gasteiger partial charge in [0, 0.05) is 11.8 Å². The lowest BCUT2D eigenvalue weighted by Gasteiger charge is -2.42. The van der Waals surface area contributed by atoms with E-state index in [4.69, 9.17) is 0 Å². The molecule has 1 nitrogen and oxygen atoms in total. The highest BCUT2D eigenvalue weighted by Crippen LogP contribution is 2.47. The highest BCUT2D eigenvalue weighted by molar-refractivity contribution is 5.54. The lowest BCUT2D eigenvalue weighted by atomic mass is 9.61. The molecule has 2 unspecified atom stereocenters. The van der Waals surface area contributed by atoms with E-state index in [0.29, 0.717) is 5.92 Å². The third-order valence-electron chi connectivity index (χ3n) is 3.19. The van der Waals surface area contributed by atoms with Crippen molar-refractivity contribution in [2.75, 3.05) is 0 Å². The molecule has 1 aliphatic rings. The second-order valence-electron chi connectivity index (χ2n) is 4.92. The van der Waals surface area contributed by atoms with Crippen molar-refractivity contribution < 1.29 is 4.79 Å². The predicted molar refractivity (Wildman–Crippen MR) is 58.7 cm³/mol. The summed E-state index contributed by atoms with van der Waals surface area (Å²) in [5, 5.41) is 0. The van der Waals surface area contributed by atoms with Crippen LogP contribution in [-0.4, -0.2) is 6.29 Å². The van der Waals surface area contributed by atoms with Crippen molar-refractivity contribution in [3.63, 3.8) is 0 Å². The van der Waals surface area contributed by atoms with E-state index in [1.807, 2.05) is 6.08 Å². The van der Waals surface area contributed by atoms with Crippen molar-refractivity contribution in [3.05, 3.63) is 24.3 Å². The van der Waals surface area contributed by atoms with Crippen LogP contribution in [0.1, 0.15) is 33.6 Å². The van der Waals surface area contributed by atoms with Crippen molar-refractivity contribution >= 4 is 6.29 Å². The summed E-state index contributed by atoms with van der Waals surface area (Å²) in [5.74, 6) is 2.08. The highest BCUT2D eigenvalue weighted by Gasteiger charge is 2.39. The SMILES string of the molecule is C=C=C[C]1C(C)CC(C=O)CC1(C)C. The second-order valence-corrected chi connectivity index (χ2v) is 4.92. The first-order valence-corrected chi connectivity index (χ1v) is 5.19. The van der Waals surface area contributed by atoms with Crippen molar-refractivity contribution in [1.82, 2.24) is 0 Å². The fourth-order valence-corrected chi connectivity index (χ4v) is 2.66. The lowest BCUT2D eigenvalue weighted by Crippen LogP contribution is -2.35. The Morgan fingerprint density at radius 1 is 1.57 bits per heavy atom. The summed E-state index contributed by atoms with van der Waals surface area (Å²) in [7, 11) is 0. The molecule has 14 heavy (non-hydrogen) atoms. The fourth-order valence-electron chi connectivity index (χ4n) is 2.66. The maximum absolute atomic E-state index is 10.8. The van der Waals surface area contributed by atoms with Gasteiger partial charge in [0.25, 0.3) is 0 Å². The normalized spacial score (nSPS) is 31.9. The average molecular weight is 191 g/mol. The molecular weight excluding hydrogens is 172 g/mol. The van der Waals surface area contributed by atoms with E-state index in [1.165, 1.54) is 5.92 Å². The molecule has 0 bridgehead atoms. The molecule has 0 aromatic carbocycles. The summed E-state index contributed by atoms with van der Waals surface area (Å²) in [4.78, 5) is 10.8. The topological polar surface area (TPSA) is 17.1 Å². The van der Waals surface area contributed by atoms with E-state index >= 15 is 0 Å². The Kier molecular flexibility index (Phi) is 3.34. The Balaban J connectivity index is 2.87. The van der Waals surface area contributed by atoms with Gasteiger partial charge in [0.05, 0.1) is 0 Å². The molecular formula is C13H19O. The van der Waals surface area contributed by atoms with Gasteiger partial charge in [-0.1, -0.05) is 27.4 Å². The predicted octanol–water partition coefficient (Wildman–Crippen LogP) is 3.17. The van der Waals surface area contributed by atoms with E-state index in [0.717, 1.165) is 19.1 Å². The number of hydrogen-bond donors (Lipinski definition) is 0. The maximum Gasteiger partial charge on any atom is 0.123 e. The van der Waals surface area contributed by atoms with Gasteiger partial charge in [0.1, 0.15) is 6.29 Å². The molecule has 0 aromatic heterocycles. The van der Waals surface area contributed by atoms with Crippen molar-refractivity contribution in [2.24, 2.45) is 17.3 Å². The molecule has 0 aliphatic heterocycles. The zero-order chi connectivity index (χ0) is 10.8. The molecule has 1 rings (SSSR count). The largest absolute Gasteiger partial charge is 0.303 e. The number of carbonyl (C=O) groups excluding carboxylic acids is 1. The van der Waals surface area contributed by atoms with E-state index in [9.17, 15) is 4.79 Å². The number of allylic oxidation sites excluding steroid dienone is 1. The van der Waals surface area contributed by atoms with Crippen LogP contribution in [0.4, 0.5) is 0 Å². The van der Waals surface area contributed by atoms with Crippen LogP contribution in [0.15, 0.2) is 18.4 Å². The maximum atomic E-state index is 10.8. The Bertz CT molecular complexity index is 258. The Morgan fingerprint density at radius 2 is 2.21 bits per heavy atom. The molecule has 1 heteroatoms. The molecule has 0 spiro atoms. The van der Waals surface area contributed by atoms with Crippen LogP contribution in [-0.2, 0) is 4.79 Å². The lowest BCUT2D eigenvalue weighted by molar-refractivity contribution is -0.113. The molecule has 0 N–H and O–H groups in total. The minimum absolute atomic E-state index is 0.119. The quantitative estimate of drug-likeness (QED) is 0.484. The van der Waals surface area contributed by atoms with E-state index in [2.05, 4.69) is 33.1 Å². The second kappa shape index (κ2) is 4.14. The Labute approximate surface area is 86.9 Å². The number of rotatable bonds is 2. The van der Waals surface area contributed by atoms with Gasteiger partial charge >= 0.3 is 0 Å².